The number of benzene rings is 2. The zero-order chi connectivity index (χ0) is 26.3. The van der Waals surface area contributed by atoms with Crippen LogP contribution in [0.25, 0.3) is 28.2 Å². The molecule has 188 valence electrons. The Labute approximate surface area is 212 Å². The van der Waals surface area contributed by atoms with Gasteiger partial charge in [0, 0.05) is 5.69 Å². The van der Waals surface area contributed by atoms with E-state index in [1.165, 1.54) is 16.2 Å². The fourth-order valence-electron chi connectivity index (χ4n) is 4.52. The molecule has 0 unspecified atom stereocenters. The summed E-state index contributed by atoms with van der Waals surface area (Å²) in [5.74, 6) is 1.79. The Morgan fingerprint density at radius 2 is 1.68 bits per heavy atom. The number of rotatable bonds is 6. The summed E-state index contributed by atoms with van der Waals surface area (Å²) in [6.07, 6.45) is 0. The lowest BCUT2D eigenvalue weighted by molar-refractivity contribution is 0.355. The minimum atomic E-state index is -0.510. The molecule has 0 radical (unpaired) electrons. The number of fused-ring (bicyclic) bond motifs is 1. The monoisotopic (exact) mass is 498 g/mol. The Kier molecular flexibility index (Phi) is 6.12. The normalized spacial score (nSPS) is 11.2. The molecule has 0 spiro atoms. The van der Waals surface area contributed by atoms with Gasteiger partial charge >= 0.3 is 5.69 Å². The molecule has 5 rings (SSSR count). The number of methoxy groups -OCH3 is 2. The zero-order valence-corrected chi connectivity index (χ0v) is 21.2. The van der Waals surface area contributed by atoms with Crippen LogP contribution in [-0.4, -0.2) is 33.3 Å². The molecule has 0 fully saturated rings. The van der Waals surface area contributed by atoms with Gasteiger partial charge in [0.2, 0.25) is 5.89 Å². The maximum Gasteiger partial charge on any atom is 0.337 e. The van der Waals surface area contributed by atoms with Crippen molar-refractivity contribution in [3.63, 3.8) is 0 Å². The van der Waals surface area contributed by atoms with E-state index in [-0.39, 0.29) is 6.54 Å². The molecule has 0 amide bonds. The van der Waals surface area contributed by atoms with Gasteiger partial charge in [-0.2, -0.15) is 0 Å². The van der Waals surface area contributed by atoms with Crippen LogP contribution >= 0.6 is 0 Å². The minimum Gasteiger partial charge on any atom is -0.493 e. The number of nitrogens with zero attached hydrogens (tertiary/aromatic N) is 4. The highest BCUT2D eigenvalue weighted by atomic mass is 16.5. The fourth-order valence-corrected chi connectivity index (χ4v) is 4.52. The standard InChI is InChI=1S/C28H26N4O5/c1-16-14-17(2)29-25-23(16)27(33)31(28(34)32(25)19-10-7-6-8-11-19)15-21-18(3)37-26(30-21)20-12-9-13-22(35-4)24(20)36-5/h6-14H,15H2,1-5H3. The van der Waals surface area contributed by atoms with Crippen molar-refractivity contribution in [3.05, 3.63) is 98.1 Å². The van der Waals surface area contributed by atoms with Crippen LogP contribution in [0.3, 0.4) is 0 Å². The molecule has 2 aromatic carbocycles. The summed E-state index contributed by atoms with van der Waals surface area (Å²) in [6, 6.07) is 16.4. The SMILES string of the molecule is COc1cccc(-c2nc(Cn3c(=O)c4c(C)cc(C)nc4n(-c4ccccc4)c3=O)c(C)o2)c1OC. The topological polar surface area (TPSA) is 101 Å². The van der Waals surface area contributed by atoms with Crippen LogP contribution in [0, 0.1) is 20.8 Å². The molecule has 0 aliphatic heterocycles. The van der Waals surface area contributed by atoms with Crippen molar-refractivity contribution in [2.45, 2.75) is 27.3 Å². The fraction of sp³-hybridized carbons (Fsp3) is 0.214. The average molecular weight is 499 g/mol. The first-order valence-electron chi connectivity index (χ1n) is 11.7. The van der Waals surface area contributed by atoms with Gasteiger partial charge in [-0.1, -0.05) is 24.3 Å². The summed E-state index contributed by atoms with van der Waals surface area (Å²) in [5.41, 5.74) is 2.51. The second-order valence-corrected chi connectivity index (χ2v) is 8.69. The van der Waals surface area contributed by atoms with Crippen LogP contribution in [0.5, 0.6) is 11.5 Å². The molecular formula is C28H26N4O5. The zero-order valence-electron chi connectivity index (χ0n) is 21.2. The van der Waals surface area contributed by atoms with Crippen molar-refractivity contribution >= 4 is 11.0 Å². The molecule has 3 heterocycles. The van der Waals surface area contributed by atoms with E-state index in [1.807, 2.05) is 50.2 Å². The number of para-hydroxylation sites is 2. The number of oxazole rings is 1. The van der Waals surface area contributed by atoms with E-state index in [4.69, 9.17) is 13.9 Å². The molecule has 0 saturated heterocycles. The smallest absolute Gasteiger partial charge is 0.337 e. The van der Waals surface area contributed by atoms with E-state index in [9.17, 15) is 9.59 Å². The van der Waals surface area contributed by atoms with Crippen LogP contribution in [0.15, 0.2) is 68.6 Å². The Morgan fingerprint density at radius 1 is 0.919 bits per heavy atom. The summed E-state index contributed by atoms with van der Waals surface area (Å²) in [6.45, 7) is 5.35. The minimum absolute atomic E-state index is 0.0740. The molecule has 0 bridgehead atoms. The lowest BCUT2D eigenvalue weighted by atomic mass is 10.1. The van der Waals surface area contributed by atoms with Crippen molar-refractivity contribution in [2.75, 3.05) is 14.2 Å². The summed E-state index contributed by atoms with van der Waals surface area (Å²) < 4.78 is 19.5. The largest absolute Gasteiger partial charge is 0.493 e. The molecule has 9 heteroatoms. The van der Waals surface area contributed by atoms with Crippen molar-refractivity contribution < 1.29 is 13.9 Å². The molecule has 0 atom stereocenters. The van der Waals surface area contributed by atoms with Gasteiger partial charge in [-0.05, 0) is 56.7 Å². The Hall–Kier alpha value is -4.66. The first kappa shape index (κ1) is 24.1. The summed E-state index contributed by atoms with van der Waals surface area (Å²) in [5, 5.41) is 0.380. The molecule has 3 aromatic heterocycles. The molecule has 0 saturated carbocycles. The third-order valence-corrected chi connectivity index (χ3v) is 6.27. The Balaban J connectivity index is 1.71. The van der Waals surface area contributed by atoms with Crippen molar-refractivity contribution in [1.82, 2.24) is 19.1 Å². The molecule has 5 aromatic rings. The van der Waals surface area contributed by atoms with E-state index in [0.29, 0.717) is 51.1 Å². The van der Waals surface area contributed by atoms with Gasteiger partial charge < -0.3 is 13.9 Å². The number of hydrogen-bond donors (Lipinski definition) is 0. The highest BCUT2D eigenvalue weighted by molar-refractivity contribution is 5.79. The van der Waals surface area contributed by atoms with Crippen LogP contribution in [0.2, 0.25) is 0 Å². The molecule has 9 nitrogen and oxygen atoms in total. The number of pyridine rings is 1. The van der Waals surface area contributed by atoms with Crippen LogP contribution in [-0.2, 0) is 6.54 Å². The number of aromatic nitrogens is 4. The number of hydrogen-bond acceptors (Lipinski definition) is 7. The van der Waals surface area contributed by atoms with Gasteiger partial charge in [-0.15, -0.1) is 0 Å². The molecule has 0 aliphatic rings. The van der Waals surface area contributed by atoms with Crippen LogP contribution in [0.1, 0.15) is 22.7 Å². The highest BCUT2D eigenvalue weighted by Crippen LogP contribution is 2.38. The van der Waals surface area contributed by atoms with Crippen LogP contribution in [0.4, 0.5) is 0 Å². The van der Waals surface area contributed by atoms with Gasteiger partial charge in [0.25, 0.3) is 5.56 Å². The van der Waals surface area contributed by atoms with Gasteiger partial charge in [0.1, 0.15) is 11.5 Å². The predicted molar refractivity (Wildman–Crippen MR) is 140 cm³/mol. The molecule has 0 N–H and O–H groups in total. The van der Waals surface area contributed by atoms with E-state index in [2.05, 4.69) is 9.97 Å². The van der Waals surface area contributed by atoms with Crippen molar-refractivity contribution in [2.24, 2.45) is 0 Å². The maximum absolute atomic E-state index is 13.8. The maximum atomic E-state index is 13.8. The van der Waals surface area contributed by atoms with Crippen molar-refractivity contribution in [1.29, 1.82) is 0 Å². The van der Waals surface area contributed by atoms with E-state index < -0.39 is 11.2 Å². The predicted octanol–water partition coefficient (Wildman–Crippen LogP) is 4.19. The molecular weight excluding hydrogens is 472 g/mol. The number of aryl methyl sites for hydroxylation is 3. The molecule has 0 aliphatic carbocycles. The number of ether oxygens (including phenoxy) is 2. The van der Waals surface area contributed by atoms with E-state index in [0.717, 1.165) is 11.3 Å². The van der Waals surface area contributed by atoms with E-state index >= 15 is 0 Å². The average Bonchev–Trinajstić information content (AvgIpc) is 3.26. The second-order valence-electron chi connectivity index (χ2n) is 8.69. The van der Waals surface area contributed by atoms with Gasteiger partial charge in [-0.25, -0.2) is 19.3 Å². The lowest BCUT2D eigenvalue weighted by Gasteiger charge is -2.15. The summed E-state index contributed by atoms with van der Waals surface area (Å²) in [4.78, 5) is 36.7. The first-order valence-corrected chi connectivity index (χ1v) is 11.7. The van der Waals surface area contributed by atoms with Gasteiger partial charge in [0.15, 0.2) is 17.1 Å². The lowest BCUT2D eigenvalue weighted by Crippen LogP contribution is -2.40. The van der Waals surface area contributed by atoms with Gasteiger partial charge in [0.05, 0.1) is 37.4 Å². The summed E-state index contributed by atoms with van der Waals surface area (Å²) in [7, 11) is 3.09. The highest BCUT2D eigenvalue weighted by Gasteiger charge is 2.22. The quantitative estimate of drug-likeness (QED) is 0.346. The first-order chi connectivity index (χ1) is 17.8. The van der Waals surface area contributed by atoms with E-state index in [1.54, 1.807) is 32.2 Å². The third-order valence-electron chi connectivity index (χ3n) is 6.27. The Bertz CT molecular complexity index is 1750. The van der Waals surface area contributed by atoms with Crippen molar-refractivity contribution in [3.8, 4) is 28.6 Å². The Morgan fingerprint density at radius 3 is 2.38 bits per heavy atom. The third kappa shape index (κ3) is 4.08. The molecule has 37 heavy (non-hydrogen) atoms. The summed E-state index contributed by atoms with van der Waals surface area (Å²) >= 11 is 0. The van der Waals surface area contributed by atoms with Crippen LogP contribution < -0.4 is 20.7 Å². The second kappa shape index (κ2) is 9.42. The van der Waals surface area contributed by atoms with Gasteiger partial charge in [-0.3, -0.25) is 9.36 Å².